The maximum atomic E-state index is 12.8. The van der Waals surface area contributed by atoms with Gasteiger partial charge in [0.15, 0.2) is 0 Å². The lowest BCUT2D eigenvalue weighted by molar-refractivity contribution is -0.139. The molecule has 96 valence electrons. The molecule has 1 N–H and O–H groups in total. The van der Waals surface area contributed by atoms with Crippen LogP contribution in [0.4, 0.5) is 13.2 Å². The van der Waals surface area contributed by atoms with E-state index >= 15 is 0 Å². The second-order valence-electron chi connectivity index (χ2n) is 4.70. The zero-order valence-electron chi connectivity index (χ0n) is 9.93. The van der Waals surface area contributed by atoms with Crippen LogP contribution >= 0.6 is 11.8 Å². The van der Waals surface area contributed by atoms with Crippen molar-refractivity contribution < 1.29 is 18.3 Å². The van der Waals surface area contributed by atoms with Crippen molar-refractivity contribution in [3.8, 4) is 0 Å². The highest BCUT2D eigenvalue weighted by Crippen LogP contribution is 2.41. The third kappa shape index (κ3) is 4.24. The van der Waals surface area contributed by atoms with Gasteiger partial charge in [-0.3, -0.25) is 0 Å². The van der Waals surface area contributed by atoms with E-state index in [-0.39, 0.29) is 21.8 Å². The molecule has 1 rings (SSSR count). The van der Waals surface area contributed by atoms with Crippen LogP contribution in [0.1, 0.15) is 31.9 Å². The molecular weight excluding hydrogens is 249 g/mol. The highest BCUT2D eigenvalue weighted by Gasteiger charge is 2.34. The Kier molecular flexibility index (Phi) is 4.15. The van der Waals surface area contributed by atoms with Crippen LogP contribution in [0.15, 0.2) is 23.1 Å². The Balaban J connectivity index is 3.21. The maximum absolute atomic E-state index is 12.8. The van der Waals surface area contributed by atoms with Gasteiger partial charge in [-0.05, 0) is 17.7 Å². The molecule has 0 aliphatic rings. The number of halogens is 3. The van der Waals surface area contributed by atoms with Crippen LogP contribution in [0.5, 0.6) is 0 Å². The zero-order valence-corrected chi connectivity index (χ0v) is 10.7. The van der Waals surface area contributed by atoms with E-state index in [9.17, 15) is 13.2 Å². The molecule has 0 saturated heterocycles. The van der Waals surface area contributed by atoms with Gasteiger partial charge in [-0.2, -0.15) is 13.2 Å². The molecule has 0 bridgehead atoms. The summed E-state index contributed by atoms with van der Waals surface area (Å²) in [7, 11) is 0. The van der Waals surface area contributed by atoms with Crippen molar-refractivity contribution in [2.45, 2.75) is 43.2 Å². The average molecular weight is 264 g/mol. The van der Waals surface area contributed by atoms with Gasteiger partial charge in [0.25, 0.3) is 0 Å². The van der Waals surface area contributed by atoms with Crippen LogP contribution in [0.2, 0.25) is 0 Å². The number of alkyl halides is 3. The minimum Gasteiger partial charge on any atom is -0.392 e. The van der Waals surface area contributed by atoms with E-state index in [0.29, 0.717) is 0 Å². The number of thioether (sulfide) groups is 1. The van der Waals surface area contributed by atoms with Crippen molar-refractivity contribution >= 4 is 11.8 Å². The van der Waals surface area contributed by atoms with Crippen LogP contribution in [-0.4, -0.2) is 9.85 Å². The molecule has 0 aliphatic heterocycles. The Morgan fingerprint density at radius 2 is 1.76 bits per heavy atom. The van der Waals surface area contributed by atoms with Crippen LogP contribution in [0, 0.1) is 0 Å². The molecule has 1 nitrogen and oxygen atoms in total. The van der Waals surface area contributed by atoms with Crippen LogP contribution in [0.3, 0.4) is 0 Å². The van der Waals surface area contributed by atoms with Crippen molar-refractivity contribution in [1.82, 2.24) is 0 Å². The van der Waals surface area contributed by atoms with E-state index in [1.165, 1.54) is 23.9 Å². The fourth-order valence-corrected chi connectivity index (χ4v) is 2.40. The van der Waals surface area contributed by atoms with E-state index in [2.05, 4.69) is 0 Å². The quantitative estimate of drug-likeness (QED) is 0.812. The molecule has 0 amide bonds. The van der Waals surface area contributed by atoms with Gasteiger partial charge in [0, 0.05) is 9.64 Å². The Morgan fingerprint density at radius 1 is 1.18 bits per heavy atom. The number of rotatable bonds is 2. The fraction of sp³-hybridized carbons (Fsp3) is 0.500. The average Bonchev–Trinajstić information content (AvgIpc) is 2.14. The van der Waals surface area contributed by atoms with Crippen molar-refractivity contribution in [2.75, 3.05) is 0 Å². The largest absolute Gasteiger partial charge is 0.417 e. The lowest BCUT2D eigenvalue weighted by atomic mass is 10.1. The molecule has 1 aromatic rings. The van der Waals surface area contributed by atoms with Crippen molar-refractivity contribution in [3.63, 3.8) is 0 Å². The Labute approximate surface area is 103 Å². The van der Waals surface area contributed by atoms with Gasteiger partial charge in [0.2, 0.25) is 0 Å². The number of aliphatic hydroxyl groups excluding tert-OH is 1. The van der Waals surface area contributed by atoms with Crippen molar-refractivity contribution in [2.24, 2.45) is 0 Å². The van der Waals surface area contributed by atoms with Crippen LogP contribution in [-0.2, 0) is 12.8 Å². The first kappa shape index (κ1) is 14.4. The SMILES string of the molecule is CC(C)(C)Sc1ccc(CO)cc1C(F)(F)F. The molecule has 1 aromatic carbocycles. The molecule has 0 aliphatic carbocycles. The standard InChI is InChI=1S/C12H15F3OS/c1-11(2,3)17-10-5-4-8(7-16)6-9(10)12(13,14)15/h4-6,16H,7H2,1-3H3. The topological polar surface area (TPSA) is 20.2 Å². The number of aliphatic hydroxyl groups is 1. The molecule has 17 heavy (non-hydrogen) atoms. The summed E-state index contributed by atoms with van der Waals surface area (Å²) in [6.07, 6.45) is -4.39. The van der Waals surface area contributed by atoms with Crippen LogP contribution < -0.4 is 0 Å². The van der Waals surface area contributed by atoms with E-state index in [1.54, 1.807) is 0 Å². The predicted molar refractivity (Wildman–Crippen MR) is 63.0 cm³/mol. The Hall–Kier alpha value is -0.680. The molecule has 0 fully saturated rings. The minimum absolute atomic E-state index is 0.196. The molecule has 0 unspecified atom stereocenters. The highest BCUT2D eigenvalue weighted by atomic mass is 32.2. The van der Waals surface area contributed by atoms with Gasteiger partial charge < -0.3 is 5.11 Å². The normalized spacial score (nSPS) is 12.9. The monoisotopic (exact) mass is 264 g/mol. The third-order valence-corrected chi connectivity index (χ3v) is 3.14. The molecular formula is C12H15F3OS. The van der Waals surface area contributed by atoms with E-state index in [4.69, 9.17) is 5.11 Å². The first-order chi connectivity index (χ1) is 7.63. The Bertz CT molecular complexity index is 394. The summed E-state index contributed by atoms with van der Waals surface area (Å²) in [5.41, 5.74) is -0.403. The molecule has 5 heteroatoms. The highest BCUT2D eigenvalue weighted by molar-refractivity contribution is 8.00. The summed E-state index contributed by atoms with van der Waals surface area (Å²) in [5.74, 6) is 0. The molecule has 0 aromatic heterocycles. The molecule has 0 spiro atoms. The first-order valence-electron chi connectivity index (χ1n) is 5.13. The number of hydrogen-bond donors (Lipinski definition) is 1. The molecule has 0 saturated carbocycles. The van der Waals surface area contributed by atoms with Crippen molar-refractivity contribution in [1.29, 1.82) is 0 Å². The number of benzene rings is 1. The second-order valence-corrected chi connectivity index (χ2v) is 6.57. The van der Waals surface area contributed by atoms with Gasteiger partial charge in [0.05, 0.1) is 12.2 Å². The summed E-state index contributed by atoms with van der Waals surface area (Å²) in [6.45, 7) is 5.19. The summed E-state index contributed by atoms with van der Waals surface area (Å²) < 4.78 is 38.2. The summed E-state index contributed by atoms with van der Waals surface area (Å²) >= 11 is 1.17. The molecule has 0 radical (unpaired) electrons. The number of hydrogen-bond acceptors (Lipinski definition) is 2. The lowest BCUT2D eigenvalue weighted by Crippen LogP contribution is -2.12. The first-order valence-corrected chi connectivity index (χ1v) is 5.95. The summed E-state index contributed by atoms with van der Waals surface area (Å²) in [6, 6.07) is 3.95. The van der Waals surface area contributed by atoms with E-state index in [0.717, 1.165) is 6.07 Å². The van der Waals surface area contributed by atoms with Gasteiger partial charge in [0.1, 0.15) is 0 Å². The van der Waals surface area contributed by atoms with Gasteiger partial charge >= 0.3 is 6.18 Å². The fourth-order valence-electron chi connectivity index (χ4n) is 1.32. The predicted octanol–water partition coefficient (Wildman–Crippen LogP) is 4.09. The van der Waals surface area contributed by atoms with Crippen molar-refractivity contribution in [3.05, 3.63) is 29.3 Å². The lowest BCUT2D eigenvalue weighted by Gasteiger charge is -2.21. The van der Waals surface area contributed by atoms with Crippen LogP contribution in [0.25, 0.3) is 0 Å². The summed E-state index contributed by atoms with van der Waals surface area (Å²) in [4.78, 5) is 0.196. The second kappa shape index (κ2) is 4.90. The smallest absolute Gasteiger partial charge is 0.392 e. The summed E-state index contributed by atoms with van der Waals surface area (Å²) in [5, 5.41) is 8.88. The van der Waals surface area contributed by atoms with Gasteiger partial charge in [-0.1, -0.05) is 26.8 Å². The molecule has 0 heterocycles. The van der Waals surface area contributed by atoms with E-state index in [1.807, 2.05) is 20.8 Å². The van der Waals surface area contributed by atoms with E-state index < -0.39 is 11.7 Å². The zero-order chi connectivity index (χ0) is 13.3. The molecule has 0 atom stereocenters. The maximum Gasteiger partial charge on any atom is 0.417 e. The minimum atomic E-state index is -4.39. The Morgan fingerprint density at radius 3 is 2.18 bits per heavy atom. The third-order valence-electron chi connectivity index (χ3n) is 1.95. The van der Waals surface area contributed by atoms with Gasteiger partial charge in [-0.15, -0.1) is 11.8 Å². The van der Waals surface area contributed by atoms with Gasteiger partial charge in [-0.25, -0.2) is 0 Å².